The number of piperidine rings is 1. The summed E-state index contributed by atoms with van der Waals surface area (Å²) in [6.45, 7) is 6.69. The molecule has 0 aromatic heterocycles. The number of nitro groups is 1. The number of hydrogen-bond donors (Lipinski definition) is 1. The van der Waals surface area contributed by atoms with Gasteiger partial charge in [-0.3, -0.25) is 24.6 Å². The van der Waals surface area contributed by atoms with Crippen LogP contribution in [-0.2, 0) is 16.0 Å². The van der Waals surface area contributed by atoms with E-state index in [1.54, 1.807) is 12.1 Å². The van der Waals surface area contributed by atoms with Crippen molar-refractivity contribution in [3.63, 3.8) is 0 Å². The first-order valence-corrected chi connectivity index (χ1v) is 10.0. The second kappa shape index (κ2) is 6.91. The number of rotatable bonds is 3. The van der Waals surface area contributed by atoms with E-state index in [9.17, 15) is 19.7 Å². The average Bonchev–Trinajstić information content (AvgIpc) is 2.68. The number of hydrogen-bond acceptors (Lipinski definition) is 6. The Hall–Kier alpha value is -2.81. The van der Waals surface area contributed by atoms with Crippen LogP contribution < -0.4 is 10.2 Å². The van der Waals surface area contributed by atoms with Crippen molar-refractivity contribution in [2.75, 3.05) is 18.0 Å². The summed E-state index contributed by atoms with van der Waals surface area (Å²) in [5, 5.41) is 14.1. The van der Waals surface area contributed by atoms with Crippen molar-refractivity contribution in [3.05, 3.63) is 46.5 Å². The Balaban J connectivity index is 1.89. The number of nitro benzene ring substituents is 1. The van der Waals surface area contributed by atoms with Crippen LogP contribution in [0.1, 0.15) is 25.3 Å². The molecule has 2 saturated heterocycles. The van der Waals surface area contributed by atoms with Gasteiger partial charge in [0, 0.05) is 37.3 Å². The van der Waals surface area contributed by atoms with Crippen LogP contribution in [-0.4, -0.2) is 45.9 Å². The predicted molar refractivity (Wildman–Crippen MR) is 111 cm³/mol. The van der Waals surface area contributed by atoms with Gasteiger partial charge in [0.1, 0.15) is 0 Å². The highest BCUT2D eigenvalue weighted by molar-refractivity contribution is 7.80. The van der Waals surface area contributed by atoms with Crippen molar-refractivity contribution in [3.8, 4) is 0 Å². The van der Waals surface area contributed by atoms with Crippen molar-refractivity contribution >= 4 is 40.5 Å². The number of benzene rings is 1. The van der Waals surface area contributed by atoms with Gasteiger partial charge in [0.15, 0.2) is 10.5 Å². The molecular formula is C20H22N4O4S. The molecule has 3 aliphatic rings. The third-order valence-electron chi connectivity index (χ3n) is 6.30. The minimum Gasteiger partial charge on any atom is -0.367 e. The number of amides is 2. The average molecular weight is 414 g/mol. The quantitative estimate of drug-likeness (QED) is 0.268. The van der Waals surface area contributed by atoms with Crippen molar-refractivity contribution in [1.82, 2.24) is 10.2 Å². The molecule has 3 unspecified atom stereocenters. The highest BCUT2D eigenvalue weighted by Gasteiger charge is 2.61. The van der Waals surface area contributed by atoms with Gasteiger partial charge in [-0.05, 0) is 42.6 Å². The number of fused-ring (bicyclic) bond motifs is 4. The van der Waals surface area contributed by atoms with Gasteiger partial charge in [0.2, 0.25) is 11.8 Å². The minimum absolute atomic E-state index is 0.0511. The summed E-state index contributed by atoms with van der Waals surface area (Å²) in [4.78, 5) is 41.3. The first-order valence-electron chi connectivity index (χ1n) is 9.62. The van der Waals surface area contributed by atoms with E-state index >= 15 is 0 Å². The second-order valence-electron chi connectivity index (χ2n) is 8.02. The number of carbonyl (C=O) groups is 2. The summed E-state index contributed by atoms with van der Waals surface area (Å²) < 4.78 is 0. The van der Waals surface area contributed by atoms with Crippen molar-refractivity contribution in [2.24, 2.45) is 11.3 Å². The molecular weight excluding hydrogens is 392 g/mol. The number of carbonyl (C=O) groups excluding carboxylic acids is 2. The summed E-state index contributed by atoms with van der Waals surface area (Å²) >= 11 is 5.22. The third kappa shape index (κ3) is 2.83. The third-order valence-corrected chi connectivity index (χ3v) is 6.62. The Labute approximate surface area is 173 Å². The highest BCUT2D eigenvalue weighted by Crippen LogP contribution is 2.49. The molecule has 1 N–H and O–H groups in total. The van der Waals surface area contributed by atoms with E-state index in [2.05, 4.69) is 23.7 Å². The Morgan fingerprint density at radius 2 is 2.21 bits per heavy atom. The molecule has 0 bridgehead atoms. The summed E-state index contributed by atoms with van der Waals surface area (Å²) in [5.41, 5.74) is 0.0780. The zero-order valence-electron chi connectivity index (χ0n) is 16.1. The lowest BCUT2D eigenvalue weighted by Crippen LogP contribution is -2.72. The molecule has 0 radical (unpaired) electrons. The topological polar surface area (TPSA) is 95.8 Å². The maximum atomic E-state index is 13.7. The van der Waals surface area contributed by atoms with Crippen LogP contribution in [0.2, 0.25) is 0 Å². The smallest absolute Gasteiger partial charge is 0.269 e. The van der Waals surface area contributed by atoms with Gasteiger partial charge in [0.25, 0.3) is 5.69 Å². The molecule has 1 spiro atoms. The standard InChI is InChI=1S/C20H22N4O4S/c1-3-7-23-18(26)20(17(25)21-19(23)29)11-13-10-14(24(27)28)4-5-15(13)22-8-6-12(2)9-16(20)22/h3-5,10,12,16H,1,6-9,11H2,2H3,(H,21,25,29). The molecule has 3 atom stereocenters. The lowest BCUT2D eigenvalue weighted by molar-refractivity contribution is -0.384. The normalized spacial score (nSPS) is 28.7. The predicted octanol–water partition coefficient (Wildman–Crippen LogP) is 2.17. The van der Waals surface area contributed by atoms with Crippen molar-refractivity contribution in [2.45, 2.75) is 32.2 Å². The van der Waals surface area contributed by atoms with Crippen LogP contribution in [0.5, 0.6) is 0 Å². The molecule has 8 nitrogen and oxygen atoms in total. The van der Waals surface area contributed by atoms with Crippen molar-refractivity contribution in [1.29, 1.82) is 0 Å². The lowest BCUT2D eigenvalue weighted by Gasteiger charge is -2.55. The van der Waals surface area contributed by atoms with Crippen LogP contribution in [0.15, 0.2) is 30.9 Å². The number of anilines is 1. The highest BCUT2D eigenvalue weighted by atomic mass is 32.1. The lowest BCUT2D eigenvalue weighted by atomic mass is 9.65. The van der Waals surface area contributed by atoms with E-state index in [0.29, 0.717) is 24.4 Å². The largest absolute Gasteiger partial charge is 0.367 e. The van der Waals surface area contributed by atoms with Crippen LogP contribution in [0.3, 0.4) is 0 Å². The first-order chi connectivity index (χ1) is 13.8. The van der Waals surface area contributed by atoms with Crippen LogP contribution in [0.25, 0.3) is 0 Å². The van der Waals surface area contributed by atoms with Crippen LogP contribution >= 0.6 is 12.2 Å². The maximum Gasteiger partial charge on any atom is 0.269 e. The molecule has 0 saturated carbocycles. The molecule has 3 aliphatic heterocycles. The zero-order chi connectivity index (χ0) is 20.9. The van der Waals surface area contributed by atoms with Crippen LogP contribution in [0.4, 0.5) is 11.4 Å². The van der Waals surface area contributed by atoms with E-state index in [1.807, 2.05) is 0 Å². The van der Waals surface area contributed by atoms with Gasteiger partial charge >= 0.3 is 0 Å². The van der Waals surface area contributed by atoms with Gasteiger partial charge < -0.3 is 10.2 Å². The summed E-state index contributed by atoms with van der Waals surface area (Å²) in [6.07, 6.45) is 3.29. The van der Waals surface area contributed by atoms with E-state index in [0.717, 1.165) is 12.1 Å². The van der Waals surface area contributed by atoms with Gasteiger partial charge in [-0.15, -0.1) is 6.58 Å². The molecule has 1 aromatic carbocycles. The number of thiocarbonyl (C=S) groups is 1. The Morgan fingerprint density at radius 1 is 1.45 bits per heavy atom. The number of nitrogens with one attached hydrogen (secondary N) is 1. The fourth-order valence-corrected chi connectivity index (χ4v) is 5.12. The summed E-state index contributed by atoms with van der Waals surface area (Å²) in [6, 6.07) is 4.37. The molecule has 9 heteroatoms. The molecule has 29 heavy (non-hydrogen) atoms. The van der Waals surface area contributed by atoms with E-state index in [-0.39, 0.29) is 35.7 Å². The fraction of sp³-hybridized carbons (Fsp3) is 0.450. The number of nitrogens with zero attached hydrogens (tertiary/aromatic N) is 3. The first kappa shape index (κ1) is 19.5. The zero-order valence-corrected chi connectivity index (χ0v) is 16.9. The molecule has 2 fully saturated rings. The fourth-order valence-electron chi connectivity index (χ4n) is 4.87. The molecule has 152 valence electrons. The van der Waals surface area contributed by atoms with E-state index in [1.165, 1.54) is 17.0 Å². The van der Waals surface area contributed by atoms with E-state index < -0.39 is 16.2 Å². The molecule has 0 aliphatic carbocycles. The Morgan fingerprint density at radius 3 is 2.90 bits per heavy atom. The Bertz CT molecular complexity index is 948. The van der Waals surface area contributed by atoms with Crippen LogP contribution in [0, 0.1) is 21.4 Å². The Kier molecular flexibility index (Phi) is 4.65. The van der Waals surface area contributed by atoms with Gasteiger partial charge in [-0.25, -0.2) is 0 Å². The molecule has 3 heterocycles. The maximum absolute atomic E-state index is 13.7. The summed E-state index contributed by atoms with van der Waals surface area (Å²) in [7, 11) is 0. The van der Waals surface area contributed by atoms with E-state index in [4.69, 9.17) is 12.2 Å². The molecule has 4 rings (SSSR count). The van der Waals surface area contributed by atoms with Crippen molar-refractivity contribution < 1.29 is 14.5 Å². The monoisotopic (exact) mass is 414 g/mol. The molecule has 1 aromatic rings. The summed E-state index contributed by atoms with van der Waals surface area (Å²) in [5.74, 6) is -0.420. The van der Waals surface area contributed by atoms with Gasteiger partial charge in [-0.2, -0.15) is 0 Å². The minimum atomic E-state index is -1.37. The second-order valence-corrected chi connectivity index (χ2v) is 8.41. The van der Waals surface area contributed by atoms with Gasteiger partial charge in [-0.1, -0.05) is 13.0 Å². The SMILES string of the molecule is C=CCN1C(=O)C2(Cc3cc([N+](=O)[O-])ccc3N3CCC(C)CC32)C(=O)NC1=S. The van der Waals surface area contributed by atoms with Gasteiger partial charge in [0.05, 0.1) is 11.0 Å². The molecule has 2 amide bonds. The number of non-ortho nitro benzene ring substituents is 1.